The largest absolute Gasteiger partial charge is 0.493 e. The molecule has 0 aliphatic rings. The van der Waals surface area contributed by atoms with Crippen LogP contribution in [0.25, 0.3) is 0 Å². The van der Waals surface area contributed by atoms with E-state index < -0.39 is 11.0 Å². The van der Waals surface area contributed by atoms with Crippen molar-refractivity contribution < 1.29 is 14.8 Å². The molecule has 1 N–H and O–H groups in total. The molecule has 110 valence electrons. The Labute approximate surface area is 122 Å². The number of nitrogens with zero attached hydrogens (tertiary/aromatic N) is 2. The van der Waals surface area contributed by atoms with Gasteiger partial charge in [-0.1, -0.05) is 0 Å². The lowest BCUT2D eigenvalue weighted by Crippen LogP contribution is -2.05. The third-order valence-corrected chi connectivity index (χ3v) is 3.05. The third kappa shape index (κ3) is 4.00. The first-order valence-electron chi connectivity index (χ1n) is 6.56. The van der Waals surface area contributed by atoms with Crippen LogP contribution in [0.3, 0.4) is 0 Å². The first kappa shape index (κ1) is 14.9. The molecule has 0 radical (unpaired) electrons. The normalized spacial score (nSPS) is 11.9. The van der Waals surface area contributed by atoms with E-state index in [1.54, 1.807) is 19.3 Å². The smallest absolute Gasteiger partial charge is 0.270 e. The Balaban J connectivity index is 2.07. The number of hydrogen-bond acceptors (Lipinski definition) is 5. The highest BCUT2D eigenvalue weighted by molar-refractivity contribution is 5.44. The number of hydrogen-bond donors (Lipinski definition) is 1. The Morgan fingerprint density at radius 3 is 2.67 bits per heavy atom. The number of nitro groups is 1. The van der Waals surface area contributed by atoms with Crippen molar-refractivity contribution in [1.82, 2.24) is 4.98 Å². The van der Waals surface area contributed by atoms with Gasteiger partial charge in [-0.3, -0.25) is 15.1 Å². The van der Waals surface area contributed by atoms with Crippen LogP contribution in [0.4, 0.5) is 5.69 Å². The summed E-state index contributed by atoms with van der Waals surface area (Å²) in [6, 6.07) is 8.02. The predicted molar refractivity (Wildman–Crippen MR) is 77.2 cm³/mol. The highest BCUT2D eigenvalue weighted by Crippen LogP contribution is 2.29. The summed E-state index contributed by atoms with van der Waals surface area (Å²) in [5, 5.41) is 20.5. The van der Waals surface area contributed by atoms with Crippen LogP contribution in [0.15, 0.2) is 42.7 Å². The van der Waals surface area contributed by atoms with Crippen molar-refractivity contribution in [2.24, 2.45) is 0 Å². The fourth-order valence-corrected chi connectivity index (χ4v) is 1.94. The summed E-state index contributed by atoms with van der Waals surface area (Å²) >= 11 is 0. The molecule has 2 aromatic rings. The molecule has 1 atom stereocenters. The predicted octanol–water partition coefficient (Wildman–Crippen LogP) is 2.66. The van der Waals surface area contributed by atoms with Crippen molar-refractivity contribution in [3.8, 4) is 5.75 Å². The first-order chi connectivity index (χ1) is 10.1. The summed E-state index contributed by atoms with van der Waals surface area (Å²) in [7, 11) is 0. The van der Waals surface area contributed by atoms with Crippen LogP contribution in [-0.4, -0.2) is 21.6 Å². The zero-order valence-corrected chi connectivity index (χ0v) is 11.6. The van der Waals surface area contributed by atoms with E-state index in [4.69, 9.17) is 4.74 Å². The Kier molecular flexibility index (Phi) is 4.84. The van der Waals surface area contributed by atoms with E-state index in [9.17, 15) is 15.2 Å². The average molecular weight is 288 g/mol. The minimum Gasteiger partial charge on any atom is -0.493 e. The van der Waals surface area contributed by atoms with Gasteiger partial charge in [0.1, 0.15) is 5.75 Å². The zero-order chi connectivity index (χ0) is 15.2. The Bertz CT molecular complexity index is 614. The third-order valence-electron chi connectivity index (χ3n) is 3.05. The van der Waals surface area contributed by atoms with Gasteiger partial charge < -0.3 is 9.84 Å². The van der Waals surface area contributed by atoms with Crippen molar-refractivity contribution in [3.63, 3.8) is 0 Å². The lowest BCUT2D eigenvalue weighted by atomic mass is 10.1. The molecule has 0 aliphatic heterocycles. The molecule has 0 saturated carbocycles. The van der Waals surface area contributed by atoms with Crippen molar-refractivity contribution >= 4 is 5.69 Å². The van der Waals surface area contributed by atoms with Gasteiger partial charge in [-0.15, -0.1) is 0 Å². The highest BCUT2D eigenvalue weighted by atomic mass is 16.6. The van der Waals surface area contributed by atoms with Gasteiger partial charge in [-0.2, -0.15) is 0 Å². The monoisotopic (exact) mass is 288 g/mol. The number of aromatic nitrogens is 1. The molecule has 0 aliphatic carbocycles. The fraction of sp³-hybridized carbons (Fsp3) is 0.267. The van der Waals surface area contributed by atoms with Gasteiger partial charge in [-0.25, -0.2) is 0 Å². The van der Waals surface area contributed by atoms with Crippen LogP contribution in [0, 0.1) is 10.1 Å². The van der Waals surface area contributed by atoms with Gasteiger partial charge in [-0.05, 0) is 30.7 Å². The standard InChI is InChI=1S/C15H16N2O4/c1-11(18)14-10-13(17(19)20)2-3-15(14)21-9-6-12-4-7-16-8-5-12/h2-5,7-8,10-11,18H,6,9H2,1H3/t11-/m1/s1. The summed E-state index contributed by atoms with van der Waals surface area (Å²) < 4.78 is 5.63. The Morgan fingerprint density at radius 1 is 1.33 bits per heavy atom. The van der Waals surface area contributed by atoms with E-state index in [1.165, 1.54) is 18.2 Å². The van der Waals surface area contributed by atoms with E-state index in [0.717, 1.165) is 5.56 Å². The number of non-ortho nitro benzene ring substituents is 1. The van der Waals surface area contributed by atoms with E-state index >= 15 is 0 Å². The minimum atomic E-state index is -0.833. The molecule has 0 bridgehead atoms. The summed E-state index contributed by atoms with van der Waals surface area (Å²) in [4.78, 5) is 14.2. The molecule has 0 fully saturated rings. The maximum atomic E-state index is 10.8. The molecule has 2 rings (SSSR count). The van der Waals surface area contributed by atoms with Crippen LogP contribution in [-0.2, 0) is 6.42 Å². The molecule has 0 amide bonds. The van der Waals surface area contributed by atoms with Gasteiger partial charge in [0, 0.05) is 36.5 Å². The van der Waals surface area contributed by atoms with Gasteiger partial charge in [0.15, 0.2) is 0 Å². The summed E-state index contributed by atoms with van der Waals surface area (Å²) in [5.41, 5.74) is 1.44. The van der Waals surface area contributed by atoms with E-state index in [0.29, 0.717) is 24.3 Å². The summed E-state index contributed by atoms with van der Waals surface area (Å²) in [6.07, 6.45) is 3.28. The molecule has 0 spiro atoms. The molecular formula is C15H16N2O4. The van der Waals surface area contributed by atoms with Crippen molar-refractivity contribution in [2.75, 3.05) is 6.61 Å². The molecule has 1 aromatic heterocycles. The number of nitro benzene ring substituents is 1. The number of aliphatic hydroxyl groups is 1. The SMILES string of the molecule is C[C@@H](O)c1cc([N+](=O)[O-])ccc1OCCc1ccncc1. The van der Waals surface area contributed by atoms with Crippen LogP contribution in [0.5, 0.6) is 5.75 Å². The lowest BCUT2D eigenvalue weighted by molar-refractivity contribution is -0.385. The number of pyridine rings is 1. The molecule has 1 aromatic carbocycles. The number of aliphatic hydroxyl groups excluding tert-OH is 1. The summed E-state index contributed by atoms with van der Waals surface area (Å²) in [5.74, 6) is 0.463. The lowest BCUT2D eigenvalue weighted by Gasteiger charge is -2.13. The van der Waals surface area contributed by atoms with Crippen molar-refractivity contribution in [3.05, 3.63) is 64.0 Å². The summed E-state index contributed by atoms with van der Waals surface area (Å²) in [6.45, 7) is 1.97. The molecular weight excluding hydrogens is 272 g/mol. The molecule has 6 heteroatoms. The zero-order valence-electron chi connectivity index (χ0n) is 11.6. The second kappa shape index (κ2) is 6.81. The topological polar surface area (TPSA) is 85.5 Å². The molecule has 21 heavy (non-hydrogen) atoms. The van der Waals surface area contributed by atoms with E-state index in [-0.39, 0.29) is 5.69 Å². The van der Waals surface area contributed by atoms with Gasteiger partial charge >= 0.3 is 0 Å². The Hall–Kier alpha value is -2.47. The van der Waals surface area contributed by atoms with Crippen molar-refractivity contribution in [2.45, 2.75) is 19.4 Å². The maximum absolute atomic E-state index is 10.8. The van der Waals surface area contributed by atoms with Crippen LogP contribution in [0.2, 0.25) is 0 Å². The maximum Gasteiger partial charge on any atom is 0.270 e. The second-order valence-electron chi connectivity index (χ2n) is 4.61. The fourth-order valence-electron chi connectivity index (χ4n) is 1.94. The highest BCUT2D eigenvalue weighted by Gasteiger charge is 2.15. The molecule has 1 heterocycles. The van der Waals surface area contributed by atoms with E-state index in [1.807, 2.05) is 12.1 Å². The number of rotatable bonds is 6. The molecule has 6 nitrogen and oxygen atoms in total. The van der Waals surface area contributed by atoms with Crippen molar-refractivity contribution in [1.29, 1.82) is 0 Å². The van der Waals surface area contributed by atoms with Crippen LogP contribution in [0.1, 0.15) is 24.2 Å². The van der Waals surface area contributed by atoms with Gasteiger partial charge in [0.25, 0.3) is 5.69 Å². The first-order valence-corrected chi connectivity index (χ1v) is 6.56. The van der Waals surface area contributed by atoms with Crippen LogP contribution >= 0.6 is 0 Å². The van der Waals surface area contributed by atoms with Crippen LogP contribution < -0.4 is 4.74 Å². The average Bonchev–Trinajstić information content (AvgIpc) is 2.48. The minimum absolute atomic E-state index is 0.0626. The number of ether oxygens (including phenoxy) is 1. The Morgan fingerprint density at radius 2 is 2.05 bits per heavy atom. The number of benzene rings is 1. The molecule has 0 saturated heterocycles. The van der Waals surface area contributed by atoms with E-state index in [2.05, 4.69) is 4.98 Å². The quantitative estimate of drug-likeness (QED) is 0.652. The van der Waals surface area contributed by atoms with Gasteiger partial charge in [0.2, 0.25) is 0 Å². The second-order valence-corrected chi connectivity index (χ2v) is 4.61. The van der Waals surface area contributed by atoms with Gasteiger partial charge in [0.05, 0.1) is 17.6 Å². The molecule has 0 unspecified atom stereocenters.